The van der Waals surface area contributed by atoms with Gasteiger partial charge in [0.25, 0.3) is 5.91 Å². The van der Waals surface area contributed by atoms with E-state index in [0.29, 0.717) is 23.7 Å². The standard InChI is InChI=1S/C29H38ClN3O4S/c1-7-15-31(6)25(35)22-23-26(36)33(21(17-34)18(3)4)24(29(23)14-13-28(22,5)38-29)27(37)32(16-8-2)20-12-10-9-11-19(20)30/h7-12,18,21-24,34H,1-2,13-17H2,3-6H3/t21-,22-,23-,24?,28+,29?/m0/s1. The second-order valence-electron chi connectivity index (χ2n) is 11.2. The van der Waals surface area contributed by atoms with Crippen LogP contribution in [-0.4, -0.2) is 80.9 Å². The van der Waals surface area contributed by atoms with Crippen LogP contribution in [0.2, 0.25) is 5.02 Å². The summed E-state index contributed by atoms with van der Waals surface area (Å²) < 4.78 is -1.26. The van der Waals surface area contributed by atoms with E-state index in [0.717, 1.165) is 6.42 Å². The number of aliphatic hydroxyl groups is 1. The number of amides is 3. The molecule has 1 aromatic rings. The van der Waals surface area contributed by atoms with Crippen LogP contribution in [0, 0.1) is 17.8 Å². The molecule has 1 N–H and O–H groups in total. The summed E-state index contributed by atoms with van der Waals surface area (Å²) in [6, 6.07) is 5.70. The molecule has 2 unspecified atom stereocenters. The third kappa shape index (κ3) is 4.29. The van der Waals surface area contributed by atoms with Crippen molar-refractivity contribution in [1.29, 1.82) is 0 Å². The van der Waals surface area contributed by atoms with Crippen molar-refractivity contribution in [2.45, 2.75) is 55.2 Å². The molecular weight excluding hydrogens is 522 g/mol. The quantitative estimate of drug-likeness (QED) is 0.438. The van der Waals surface area contributed by atoms with Gasteiger partial charge in [0.15, 0.2) is 0 Å². The smallest absolute Gasteiger partial charge is 0.251 e. The molecule has 0 aliphatic carbocycles. The third-order valence-corrected chi connectivity index (χ3v) is 10.8. The van der Waals surface area contributed by atoms with Gasteiger partial charge in [-0.2, -0.15) is 0 Å². The third-order valence-electron chi connectivity index (χ3n) is 8.53. The number of hydrogen-bond donors (Lipinski definition) is 1. The Morgan fingerprint density at radius 2 is 1.87 bits per heavy atom. The van der Waals surface area contributed by atoms with Crippen molar-refractivity contribution in [2.24, 2.45) is 17.8 Å². The van der Waals surface area contributed by atoms with Gasteiger partial charge >= 0.3 is 0 Å². The number of nitrogens with zero attached hydrogens (tertiary/aromatic N) is 3. The van der Waals surface area contributed by atoms with Gasteiger partial charge in [0, 0.05) is 24.9 Å². The zero-order chi connectivity index (χ0) is 28.0. The van der Waals surface area contributed by atoms with E-state index in [1.165, 1.54) is 0 Å². The van der Waals surface area contributed by atoms with Gasteiger partial charge in [-0.25, -0.2) is 0 Å². The number of benzene rings is 1. The number of anilines is 1. The summed E-state index contributed by atoms with van der Waals surface area (Å²) in [6.45, 7) is 13.8. The van der Waals surface area contributed by atoms with E-state index in [9.17, 15) is 19.5 Å². The second-order valence-corrected chi connectivity index (χ2v) is 13.5. The summed E-state index contributed by atoms with van der Waals surface area (Å²) in [5, 5.41) is 10.9. The summed E-state index contributed by atoms with van der Waals surface area (Å²) in [6.07, 6.45) is 4.66. The molecule has 0 saturated carbocycles. The first-order valence-corrected chi connectivity index (χ1v) is 14.3. The van der Waals surface area contributed by atoms with E-state index in [-0.39, 0.29) is 36.8 Å². The van der Waals surface area contributed by atoms with Crippen molar-refractivity contribution < 1.29 is 19.5 Å². The largest absolute Gasteiger partial charge is 0.394 e. The highest BCUT2D eigenvalue weighted by molar-refractivity contribution is 8.02. The summed E-state index contributed by atoms with van der Waals surface area (Å²) in [7, 11) is 1.73. The molecule has 9 heteroatoms. The Labute approximate surface area is 234 Å². The molecule has 4 rings (SSSR count). The number of hydrogen-bond acceptors (Lipinski definition) is 5. The summed E-state index contributed by atoms with van der Waals surface area (Å²) in [5.74, 6) is -1.93. The zero-order valence-corrected chi connectivity index (χ0v) is 24.2. The van der Waals surface area contributed by atoms with E-state index < -0.39 is 33.4 Å². The van der Waals surface area contributed by atoms with E-state index in [2.05, 4.69) is 20.1 Å². The van der Waals surface area contributed by atoms with Gasteiger partial charge in [0.05, 0.1) is 39.9 Å². The van der Waals surface area contributed by atoms with Gasteiger partial charge in [0.1, 0.15) is 6.04 Å². The number of carbonyl (C=O) groups excluding carboxylic acids is 3. The fourth-order valence-electron chi connectivity index (χ4n) is 6.77. The minimum Gasteiger partial charge on any atom is -0.394 e. The Hall–Kier alpha value is -2.29. The molecular formula is C29H38ClN3O4S. The number of halogens is 1. The van der Waals surface area contributed by atoms with Crippen LogP contribution >= 0.6 is 23.4 Å². The maximum Gasteiger partial charge on any atom is 0.251 e. The number of likely N-dealkylation sites (tertiary alicyclic amines) is 1. The molecule has 3 saturated heterocycles. The molecule has 7 nitrogen and oxygen atoms in total. The number of carbonyl (C=O) groups is 3. The SMILES string of the molecule is C=CCN(C)C(=O)[C@@H]1[C@H]2C(=O)N([C@@H](CO)C(C)C)C(C(=O)N(CC=C)c3ccccc3Cl)C23CC[C@@]1(C)S3. The van der Waals surface area contributed by atoms with Gasteiger partial charge in [-0.05, 0) is 37.8 Å². The minimum atomic E-state index is -0.856. The Bertz CT molecular complexity index is 1140. The van der Waals surface area contributed by atoms with Crippen LogP contribution in [0.1, 0.15) is 33.6 Å². The van der Waals surface area contributed by atoms with Gasteiger partial charge in [0.2, 0.25) is 11.8 Å². The molecule has 3 fully saturated rings. The van der Waals surface area contributed by atoms with Crippen molar-refractivity contribution in [3.63, 3.8) is 0 Å². The number of aliphatic hydroxyl groups excluding tert-OH is 1. The molecule has 3 aliphatic rings. The highest BCUT2D eigenvalue weighted by atomic mass is 35.5. The topological polar surface area (TPSA) is 81.2 Å². The number of thioether (sulfide) groups is 1. The van der Waals surface area contributed by atoms with Crippen LogP contribution in [-0.2, 0) is 14.4 Å². The predicted molar refractivity (Wildman–Crippen MR) is 153 cm³/mol. The Morgan fingerprint density at radius 1 is 1.21 bits per heavy atom. The lowest BCUT2D eigenvalue weighted by atomic mass is 9.66. The Balaban J connectivity index is 1.88. The van der Waals surface area contributed by atoms with Crippen LogP contribution in [0.4, 0.5) is 5.69 Å². The van der Waals surface area contributed by atoms with Crippen LogP contribution < -0.4 is 4.90 Å². The first kappa shape index (κ1) is 28.7. The second kappa shape index (κ2) is 10.7. The Morgan fingerprint density at radius 3 is 2.45 bits per heavy atom. The van der Waals surface area contributed by atoms with Gasteiger partial charge in [-0.1, -0.05) is 49.7 Å². The highest BCUT2D eigenvalue weighted by Gasteiger charge is 2.78. The van der Waals surface area contributed by atoms with E-state index in [1.807, 2.05) is 19.9 Å². The van der Waals surface area contributed by atoms with E-state index in [4.69, 9.17) is 11.6 Å². The molecule has 38 heavy (non-hydrogen) atoms. The normalized spacial score (nSPS) is 30.3. The van der Waals surface area contributed by atoms with Crippen molar-refractivity contribution >= 4 is 46.8 Å². The van der Waals surface area contributed by atoms with Crippen molar-refractivity contribution in [3.05, 3.63) is 54.6 Å². The molecule has 0 radical (unpaired) electrons. The number of fused-ring (bicyclic) bond motifs is 1. The first-order valence-electron chi connectivity index (χ1n) is 13.1. The average Bonchev–Trinajstić information content (AvgIpc) is 3.44. The van der Waals surface area contributed by atoms with Crippen LogP contribution in [0.5, 0.6) is 0 Å². The van der Waals surface area contributed by atoms with Crippen LogP contribution in [0.3, 0.4) is 0 Å². The zero-order valence-electron chi connectivity index (χ0n) is 22.6. The molecule has 6 atom stereocenters. The number of para-hydroxylation sites is 1. The monoisotopic (exact) mass is 559 g/mol. The van der Waals surface area contributed by atoms with Gasteiger partial charge in [-0.15, -0.1) is 24.9 Å². The lowest BCUT2D eigenvalue weighted by Gasteiger charge is -2.40. The molecule has 0 aromatic heterocycles. The van der Waals surface area contributed by atoms with E-state index in [1.54, 1.807) is 63.9 Å². The highest BCUT2D eigenvalue weighted by Crippen LogP contribution is 2.72. The molecule has 3 amide bonds. The first-order chi connectivity index (χ1) is 18.0. The molecule has 206 valence electrons. The summed E-state index contributed by atoms with van der Waals surface area (Å²) in [5.41, 5.74) is 0.540. The summed E-state index contributed by atoms with van der Waals surface area (Å²) in [4.78, 5) is 47.7. The van der Waals surface area contributed by atoms with Crippen molar-refractivity contribution in [3.8, 4) is 0 Å². The molecule has 2 bridgehead atoms. The fraction of sp³-hybridized carbons (Fsp3) is 0.552. The Kier molecular flexibility index (Phi) is 8.09. The predicted octanol–water partition coefficient (Wildman–Crippen LogP) is 4.00. The minimum absolute atomic E-state index is 0.0991. The molecule has 1 spiro atoms. The van der Waals surface area contributed by atoms with Crippen LogP contribution in [0.25, 0.3) is 0 Å². The van der Waals surface area contributed by atoms with E-state index >= 15 is 0 Å². The van der Waals surface area contributed by atoms with Gasteiger partial charge in [-0.3, -0.25) is 14.4 Å². The molecule has 3 heterocycles. The van der Waals surface area contributed by atoms with Crippen molar-refractivity contribution in [1.82, 2.24) is 9.80 Å². The number of likely N-dealkylation sites (N-methyl/N-ethyl adjacent to an activating group) is 1. The lowest BCUT2D eigenvalue weighted by Crippen LogP contribution is -2.58. The summed E-state index contributed by atoms with van der Waals surface area (Å²) >= 11 is 8.16. The molecule has 3 aliphatic heterocycles. The average molecular weight is 560 g/mol. The molecule has 1 aromatic carbocycles. The van der Waals surface area contributed by atoms with Crippen molar-refractivity contribution in [2.75, 3.05) is 31.6 Å². The number of rotatable bonds is 10. The fourth-order valence-corrected chi connectivity index (χ4v) is 9.34. The maximum absolute atomic E-state index is 14.7. The lowest BCUT2D eigenvalue weighted by molar-refractivity contribution is -0.146. The van der Waals surface area contributed by atoms with Crippen LogP contribution in [0.15, 0.2) is 49.6 Å². The maximum atomic E-state index is 14.7. The van der Waals surface area contributed by atoms with Gasteiger partial charge < -0.3 is 19.8 Å².